The van der Waals surface area contributed by atoms with Gasteiger partial charge in [-0.3, -0.25) is 9.59 Å². The van der Waals surface area contributed by atoms with Crippen molar-refractivity contribution in [1.29, 1.82) is 0 Å². The first-order valence-corrected chi connectivity index (χ1v) is 11.6. The van der Waals surface area contributed by atoms with Gasteiger partial charge in [-0.05, 0) is 66.1 Å². The Balaban J connectivity index is 1.76. The molecule has 34 heavy (non-hydrogen) atoms. The Labute approximate surface area is 209 Å². The van der Waals surface area contributed by atoms with Gasteiger partial charge in [-0.1, -0.05) is 42.5 Å². The Hall–Kier alpha value is -2.63. The second-order valence-corrected chi connectivity index (χ2v) is 10.8. The molecule has 1 amide bonds. The predicted octanol–water partition coefficient (Wildman–Crippen LogP) is 5.55. The monoisotopic (exact) mass is 588 g/mol. The molecule has 0 N–H and O–H groups in total. The van der Waals surface area contributed by atoms with Crippen LogP contribution in [-0.4, -0.2) is 39.2 Å². The summed E-state index contributed by atoms with van der Waals surface area (Å²) in [5, 5.41) is 5.58. The number of nitrogens with zero attached hydrogens (tertiary/aromatic N) is 2. The summed E-state index contributed by atoms with van der Waals surface area (Å²) in [6.45, 7) is 3.30. The van der Waals surface area contributed by atoms with E-state index < -0.39 is 34.5 Å². The molecular weight excluding hydrogens is 564 g/mol. The summed E-state index contributed by atoms with van der Waals surface area (Å²) < 4.78 is 48.4. The Bertz CT molecular complexity index is 1030. The van der Waals surface area contributed by atoms with E-state index in [4.69, 9.17) is 9.47 Å². The van der Waals surface area contributed by atoms with Crippen molar-refractivity contribution in [3.8, 4) is 0 Å². The van der Waals surface area contributed by atoms with Crippen molar-refractivity contribution < 1.29 is 32.2 Å². The molecule has 3 rings (SSSR count). The number of halogens is 4. The molecule has 2 aromatic carbocycles. The minimum Gasteiger partial charge on any atom is -0.466 e. The molecule has 0 bridgehead atoms. The zero-order chi connectivity index (χ0) is 24.9. The van der Waals surface area contributed by atoms with Crippen LogP contribution in [0.4, 0.5) is 13.2 Å². The van der Waals surface area contributed by atoms with Crippen LogP contribution in [-0.2, 0) is 25.6 Å². The van der Waals surface area contributed by atoms with E-state index in [-0.39, 0.29) is 19.1 Å². The maximum atomic E-state index is 12.8. The quantitative estimate of drug-likeness (QED) is 0.231. The minimum atomic E-state index is -4.39. The average molecular weight is 588 g/mol. The number of amides is 1. The topological polar surface area (TPSA) is 68.2 Å². The number of benzene rings is 2. The zero-order valence-electron chi connectivity index (χ0n) is 18.6. The fourth-order valence-corrected chi connectivity index (χ4v) is 3.53. The van der Waals surface area contributed by atoms with Crippen molar-refractivity contribution in [2.75, 3.05) is 6.61 Å². The molecule has 6 nitrogen and oxygen atoms in total. The highest BCUT2D eigenvalue weighted by molar-refractivity contribution is 14.1. The van der Waals surface area contributed by atoms with E-state index in [9.17, 15) is 22.8 Å². The molecule has 1 unspecified atom stereocenters. The zero-order valence-corrected chi connectivity index (χ0v) is 20.8. The number of esters is 1. The number of hydrazone groups is 1. The Morgan fingerprint density at radius 2 is 1.79 bits per heavy atom. The van der Waals surface area contributed by atoms with Crippen LogP contribution < -0.4 is 0 Å². The molecule has 0 fully saturated rings. The van der Waals surface area contributed by atoms with Crippen LogP contribution in [0.1, 0.15) is 49.3 Å². The van der Waals surface area contributed by atoms with Gasteiger partial charge in [0.1, 0.15) is 0 Å². The van der Waals surface area contributed by atoms with E-state index in [2.05, 4.69) is 5.10 Å². The molecule has 10 heteroatoms. The number of hydrogen-bond acceptors (Lipinski definition) is 5. The standard InChI is InChI=1S/C24H24F3IN2O4/c1-23(2,28)34-22(32)19(12-13-24(25,26)27)17-10-8-16(9-11-17)14-30-20(31)15-33-21(29-30)18-6-4-3-5-7-18/h3-11,19H,12-15H2,1-2H3. The summed E-state index contributed by atoms with van der Waals surface area (Å²) in [5.74, 6) is -1.76. The lowest BCUT2D eigenvalue weighted by Crippen LogP contribution is -2.36. The number of hydrogen-bond donors (Lipinski definition) is 0. The van der Waals surface area contributed by atoms with Gasteiger partial charge in [-0.15, -0.1) is 5.10 Å². The van der Waals surface area contributed by atoms with Crippen LogP contribution in [0.3, 0.4) is 0 Å². The summed E-state index contributed by atoms with van der Waals surface area (Å²) in [4.78, 5) is 24.9. The number of alkyl halides is 4. The van der Waals surface area contributed by atoms with Gasteiger partial charge < -0.3 is 9.47 Å². The fourth-order valence-electron chi connectivity index (χ4n) is 3.31. The highest BCUT2D eigenvalue weighted by Crippen LogP contribution is 2.32. The van der Waals surface area contributed by atoms with E-state index in [0.717, 1.165) is 5.56 Å². The highest BCUT2D eigenvalue weighted by Gasteiger charge is 2.33. The van der Waals surface area contributed by atoms with Crippen molar-refractivity contribution in [2.24, 2.45) is 5.10 Å². The van der Waals surface area contributed by atoms with Crippen LogP contribution in [0, 0.1) is 0 Å². The normalized spacial score (nSPS) is 15.4. The molecule has 182 valence electrons. The van der Waals surface area contributed by atoms with Gasteiger partial charge in [-0.2, -0.15) is 13.2 Å². The second-order valence-electron chi connectivity index (χ2n) is 8.24. The molecule has 0 aromatic heterocycles. The molecule has 0 aliphatic carbocycles. The van der Waals surface area contributed by atoms with Gasteiger partial charge in [0.25, 0.3) is 5.91 Å². The summed E-state index contributed by atoms with van der Waals surface area (Å²) in [7, 11) is 0. The second kappa shape index (κ2) is 10.7. The van der Waals surface area contributed by atoms with Crippen LogP contribution in [0.15, 0.2) is 59.7 Å². The molecule has 1 atom stereocenters. The highest BCUT2D eigenvalue weighted by atomic mass is 127. The maximum Gasteiger partial charge on any atom is 0.389 e. The van der Waals surface area contributed by atoms with Crippen LogP contribution in [0.25, 0.3) is 0 Å². The number of carbonyl (C=O) groups is 2. The molecule has 1 aliphatic heterocycles. The number of rotatable bonds is 8. The third-order valence-electron chi connectivity index (χ3n) is 4.91. The maximum absolute atomic E-state index is 12.8. The molecule has 1 heterocycles. The van der Waals surface area contributed by atoms with Gasteiger partial charge in [0, 0.05) is 12.0 Å². The molecule has 0 spiro atoms. The third-order valence-corrected chi connectivity index (χ3v) is 5.13. The first-order chi connectivity index (χ1) is 15.9. The summed E-state index contributed by atoms with van der Waals surface area (Å²) >= 11 is 1.91. The largest absolute Gasteiger partial charge is 0.466 e. The summed E-state index contributed by atoms with van der Waals surface area (Å²) in [6, 6.07) is 15.7. The smallest absolute Gasteiger partial charge is 0.389 e. The van der Waals surface area contributed by atoms with Crippen molar-refractivity contribution in [3.05, 3.63) is 71.3 Å². The average Bonchev–Trinajstić information content (AvgIpc) is 2.75. The lowest BCUT2D eigenvalue weighted by Gasteiger charge is -2.25. The van der Waals surface area contributed by atoms with Crippen molar-refractivity contribution in [2.45, 2.75) is 48.9 Å². The van der Waals surface area contributed by atoms with Crippen molar-refractivity contribution in [3.63, 3.8) is 0 Å². The molecular formula is C24H24F3IN2O4. The Morgan fingerprint density at radius 3 is 2.38 bits per heavy atom. The van der Waals surface area contributed by atoms with Gasteiger partial charge in [0.15, 0.2) is 10.2 Å². The fraction of sp³-hybridized carbons (Fsp3) is 0.375. The van der Waals surface area contributed by atoms with Crippen LogP contribution >= 0.6 is 22.6 Å². The lowest BCUT2D eigenvalue weighted by molar-refractivity contribution is -0.154. The summed E-state index contributed by atoms with van der Waals surface area (Å²) in [5.41, 5.74) is 1.85. The van der Waals surface area contributed by atoms with Crippen LogP contribution in [0.2, 0.25) is 0 Å². The minimum absolute atomic E-state index is 0.150. The number of carbonyl (C=O) groups excluding carboxylic acids is 2. The Morgan fingerprint density at radius 1 is 1.15 bits per heavy atom. The van der Waals surface area contributed by atoms with E-state index in [1.165, 1.54) is 5.01 Å². The number of ether oxygens (including phenoxy) is 2. The van der Waals surface area contributed by atoms with Gasteiger partial charge >= 0.3 is 12.1 Å². The van der Waals surface area contributed by atoms with E-state index in [0.29, 0.717) is 17.0 Å². The third kappa shape index (κ3) is 7.71. The first-order valence-electron chi connectivity index (χ1n) is 10.6. The predicted molar refractivity (Wildman–Crippen MR) is 128 cm³/mol. The van der Waals surface area contributed by atoms with Crippen molar-refractivity contribution >= 4 is 40.4 Å². The SMILES string of the molecule is CC(C)(I)OC(=O)C(CCC(F)(F)F)c1ccc(CN2N=C(c3ccccc3)OCC2=O)cc1. The van der Waals surface area contributed by atoms with Gasteiger partial charge in [-0.25, -0.2) is 5.01 Å². The molecule has 0 radical (unpaired) electrons. The van der Waals surface area contributed by atoms with Gasteiger partial charge in [0.05, 0.1) is 12.5 Å². The summed E-state index contributed by atoms with van der Waals surface area (Å²) in [6.07, 6.45) is -5.90. The van der Waals surface area contributed by atoms with Crippen molar-refractivity contribution in [1.82, 2.24) is 5.01 Å². The van der Waals surface area contributed by atoms with E-state index >= 15 is 0 Å². The molecule has 1 aliphatic rings. The van der Waals surface area contributed by atoms with E-state index in [1.807, 2.05) is 52.9 Å². The van der Waals surface area contributed by atoms with Gasteiger partial charge in [0.2, 0.25) is 5.90 Å². The van der Waals surface area contributed by atoms with Crippen LogP contribution in [0.5, 0.6) is 0 Å². The van der Waals surface area contributed by atoms with E-state index in [1.54, 1.807) is 38.1 Å². The Kier molecular flexibility index (Phi) is 8.21. The molecule has 0 saturated carbocycles. The first kappa shape index (κ1) is 26.0. The molecule has 2 aromatic rings. The lowest BCUT2D eigenvalue weighted by atomic mass is 9.93. The molecule has 0 saturated heterocycles.